The SMILES string of the molecule is CC(C)(C)NCCSCc1ccc(Cl)cc1. The molecule has 1 aromatic carbocycles. The van der Waals surface area contributed by atoms with Crippen LogP contribution in [0.1, 0.15) is 26.3 Å². The molecule has 90 valence electrons. The number of hydrogen-bond acceptors (Lipinski definition) is 2. The van der Waals surface area contributed by atoms with Gasteiger partial charge in [-0.2, -0.15) is 11.8 Å². The van der Waals surface area contributed by atoms with Crippen LogP contribution in [0.25, 0.3) is 0 Å². The number of nitrogens with one attached hydrogen (secondary N) is 1. The van der Waals surface area contributed by atoms with Gasteiger partial charge in [-0.05, 0) is 38.5 Å². The predicted molar refractivity (Wildman–Crippen MR) is 75.4 cm³/mol. The molecule has 1 nitrogen and oxygen atoms in total. The van der Waals surface area contributed by atoms with Crippen LogP contribution in [0.15, 0.2) is 24.3 Å². The Balaban J connectivity index is 2.14. The van der Waals surface area contributed by atoms with E-state index in [0.29, 0.717) is 0 Å². The molecule has 16 heavy (non-hydrogen) atoms. The molecule has 0 saturated carbocycles. The molecule has 0 radical (unpaired) electrons. The Morgan fingerprint density at radius 2 is 1.81 bits per heavy atom. The number of hydrogen-bond donors (Lipinski definition) is 1. The summed E-state index contributed by atoms with van der Waals surface area (Å²) in [6, 6.07) is 8.08. The molecular formula is C13H20ClNS. The van der Waals surface area contributed by atoms with Crippen LogP contribution in [0.4, 0.5) is 0 Å². The normalized spacial score (nSPS) is 11.8. The molecule has 0 unspecified atom stereocenters. The quantitative estimate of drug-likeness (QED) is 0.802. The van der Waals surface area contributed by atoms with Gasteiger partial charge in [-0.25, -0.2) is 0 Å². The van der Waals surface area contributed by atoms with Gasteiger partial charge in [0.1, 0.15) is 0 Å². The summed E-state index contributed by atoms with van der Waals surface area (Å²) in [6.07, 6.45) is 0. The molecule has 0 aromatic heterocycles. The Bertz CT molecular complexity index is 303. The maximum atomic E-state index is 5.83. The van der Waals surface area contributed by atoms with E-state index in [9.17, 15) is 0 Å². The fourth-order valence-electron chi connectivity index (χ4n) is 1.27. The third kappa shape index (κ3) is 6.41. The van der Waals surface area contributed by atoms with Crippen LogP contribution >= 0.6 is 23.4 Å². The zero-order valence-electron chi connectivity index (χ0n) is 10.2. The van der Waals surface area contributed by atoms with Crippen molar-refractivity contribution in [2.24, 2.45) is 0 Å². The van der Waals surface area contributed by atoms with Crippen LogP contribution in [0.2, 0.25) is 5.02 Å². The van der Waals surface area contributed by atoms with E-state index in [2.05, 4.69) is 38.2 Å². The van der Waals surface area contributed by atoms with Gasteiger partial charge in [0.05, 0.1) is 0 Å². The van der Waals surface area contributed by atoms with Gasteiger partial charge < -0.3 is 5.32 Å². The summed E-state index contributed by atoms with van der Waals surface area (Å²) in [4.78, 5) is 0. The molecule has 0 spiro atoms. The number of halogens is 1. The second-order valence-corrected chi connectivity index (χ2v) is 6.40. The standard InChI is InChI=1S/C13H20ClNS/c1-13(2,3)15-8-9-16-10-11-4-6-12(14)7-5-11/h4-7,15H,8-10H2,1-3H3. The lowest BCUT2D eigenvalue weighted by molar-refractivity contribution is 0.441. The fraction of sp³-hybridized carbons (Fsp3) is 0.538. The zero-order valence-corrected chi connectivity index (χ0v) is 11.8. The Kier molecular flexibility index (Phi) is 5.67. The van der Waals surface area contributed by atoms with Gasteiger partial charge in [-0.3, -0.25) is 0 Å². The number of benzene rings is 1. The molecule has 1 aromatic rings. The van der Waals surface area contributed by atoms with Crippen molar-refractivity contribution in [2.45, 2.75) is 32.1 Å². The Morgan fingerprint density at radius 1 is 1.19 bits per heavy atom. The van der Waals surface area contributed by atoms with Gasteiger partial charge >= 0.3 is 0 Å². The van der Waals surface area contributed by atoms with Crippen molar-refractivity contribution >= 4 is 23.4 Å². The van der Waals surface area contributed by atoms with Crippen molar-refractivity contribution in [1.29, 1.82) is 0 Å². The van der Waals surface area contributed by atoms with Crippen molar-refractivity contribution in [3.8, 4) is 0 Å². The van der Waals surface area contributed by atoms with E-state index in [1.807, 2.05) is 23.9 Å². The first kappa shape index (κ1) is 13.9. The molecule has 3 heteroatoms. The molecule has 0 saturated heterocycles. The van der Waals surface area contributed by atoms with E-state index >= 15 is 0 Å². The highest BCUT2D eigenvalue weighted by atomic mass is 35.5. The molecule has 0 atom stereocenters. The smallest absolute Gasteiger partial charge is 0.0406 e. The average molecular weight is 258 g/mol. The lowest BCUT2D eigenvalue weighted by Gasteiger charge is -2.20. The first-order valence-electron chi connectivity index (χ1n) is 5.54. The molecule has 0 aliphatic carbocycles. The fourth-order valence-corrected chi connectivity index (χ4v) is 2.21. The second kappa shape index (κ2) is 6.53. The van der Waals surface area contributed by atoms with Gasteiger partial charge in [-0.15, -0.1) is 0 Å². The van der Waals surface area contributed by atoms with E-state index in [1.54, 1.807) is 0 Å². The number of thioether (sulfide) groups is 1. The van der Waals surface area contributed by atoms with Crippen LogP contribution in [0.5, 0.6) is 0 Å². The summed E-state index contributed by atoms with van der Waals surface area (Å²) in [6.45, 7) is 7.63. The van der Waals surface area contributed by atoms with Crippen molar-refractivity contribution < 1.29 is 0 Å². The summed E-state index contributed by atoms with van der Waals surface area (Å²) in [7, 11) is 0. The summed E-state index contributed by atoms with van der Waals surface area (Å²) < 4.78 is 0. The Hall–Kier alpha value is -0.180. The maximum absolute atomic E-state index is 5.83. The predicted octanol–water partition coefficient (Wildman–Crippen LogP) is 3.96. The minimum absolute atomic E-state index is 0.223. The van der Waals surface area contributed by atoms with Crippen LogP contribution in [-0.2, 0) is 5.75 Å². The van der Waals surface area contributed by atoms with Crippen LogP contribution < -0.4 is 5.32 Å². The van der Waals surface area contributed by atoms with Gasteiger partial charge in [0.25, 0.3) is 0 Å². The summed E-state index contributed by atoms with van der Waals surface area (Å²) in [5, 5.41) is 4.28. The van der Waals surface area contributed by atoms with E-state index in [-0.39, 0.29) is 5.54 Å². The summed E-state index contributed by atoms with van der Waals surface area (Å²) >= 11 is 7.78. The minimum atomic E-state index is 0.223. The van der Waals surface area contributed by atoms with Gasteiger partial charge in [-0.1, -0.05) is 23.7 Å². The molecule has 0 fully saturated rings. The Labute approximate surface area is 108 Å². The van der Waals surface area contributed by atoms with Crippen LogP contribution in [0, 0.1) is 0 Å². The third-order valence-electron chi connectivity index (χ3n) is 2.08. The molecular weight excluding hydrogens is 238 g/mol. The lowest BCUT2D eigenvalue weighted by atomic mass is 10.1. The van der Waals surface area contributed by atoms with Gasteiger partial charge in [0.2, 0.25) is 0 Å². The summed E-state index contributed by atoms with van der Waals surface area (Å²) in [5.74, 6) is 2.20. The first-order valence-corrected chi connectivity index (χ1v) is 7.08. The van der Waals surface area contributed by atoms with Gasteiger partial charge in [0, 0.05) is 28.6 Å². The van der Waals surface area contributed by atoms with Crippen LogP contribution in [-0.4, -0.2) is 17.8 Å². The molecule has 0 bridgehead atoms. The van der Waals surface area contributed by atoms with Crippen molar-refractivity contribution in [1.82, 2.24) is 5.32 Å². The second-order valence-electron chi connectivity index (χ2n) is 4.86. The lowest BCUT2D eigenvalue weighted by Crippen LogP contribution is -2.37. The van der Waals surface area contributed by atoms with Crippen molar-refractivity contribution in [3.05, 3.63) is 34.9 Å². The monoisotopic (exact) mass is 257 g/mol. The van der Waals surface area contributed by atoms with E-state index in [1.165, 1.54) is 5.56 Å². The topological polar surface area (TPSA) is 12.0 Å². The van der Waals surface area contributed by atoms with Crippen molar-refractivity contribution in [2.75, 3.05) is 12.3 Å². The molecule has 1 N–H and O–H groups in total. The average Bonchev–Trinajstić information content (AvgIpc) is 2.19. The highest BCUT2D eigenvalue weighted by molar-refractivity contribution is 7.98. The van der Waals surface area contributed by atoms with E-state index < -0.39 is 0 Å². The highest BCUT2D eigenvalue weighted by Crippen LogP contribution is 2.15. The van der Waals surface area contributed by atoms with Crippen molar-refractivity contribution in [3.63, 3.8) is 0 Å². The van der Waals surface area contributed by atoms with E-state index in [4.69, 9.17) is 11.6 Å². The molecule has 0 heterocycles. The Morgan fingerprint density at radius 3 is 2.38 bits per heavy atom. The molecule has 1 rings (SSSR count). The largest absolute Gasteiger partial charge is 0.311 e. The number of rotatable bonds is 5. The first-order chi connectivity index (χ1) is 7.47. The third-order valence-corrected chi connectivity index (χ3v) is 3.37. The molecule has 0 aliphatic rings. The summed E-state index contributed by atoms with van der Waals surface area (Å²) in [5.41, 5.74) is 1.56. The highest BCUT2D eigenvalue weighted by Gasteiger charge is 2.06. The van der Waals surface area contributed by atoms with E-state index in [0.717, 1.165) is 23.1 Å². The maximum Gasteiger partial charge on any atom is 0.0406 e. The van der Waals surface area contributed by atoms with Gasteiger partial charge in [0.15, 0.2) is 0 Å². The molecule has 0 aliphatic heterocycles. The molecule has 0 amide bonds. The zero-order chi connectivity index (χ0) is 12.0. The minimum Gasteiger partial charge on any atom is -0.311 e. The van der Waals surface area contributed by atoms with Crippen LogP contribution in [0.3, 0.4) is 0 Å².